The van der Waals surface area contributed by atoms with Gasteiger partial charge in [-0.2, -0.15) is 5.26 Å². The number of hydrogen-bond acceptors (Lipinski definition) is 5. The Morgan fingerprint density at radius 1 is 1.42 bits per heavy atom. The standard InChI is InChI=1S/C13H21N3O3/c1-2-19-13(18)11-4-8-16(9-5-11)10-12(17)15-7-3-6-14/h11H,2-5,7-10H2,1H3,(H,15,17). The Labute approximate surface area is 113 Å². The van der Waals surface area contributed by atoms with Crippen molar-refractivity contribution in [1.29, 1.82) is 5.26 Å². The van der Waals surface area contributed by atoms with Gasteiger partial charge in [0.05, 0.1) is 31.6 Å². The highest BCUT2D eigenvalue weighted by Crippen LogP contribution is 2.18. The normalized spacial score (nSPS) is 16.6. The van der Waals surface area contributed by atoms with Gasteiger partial charge in [0.2, 0.25) is 5.91 Å². The van der Waals surface area contributed by atoms with Gasteiger partial charge < -0.3 is 10.1 Å². The highest BCUT2D eigenvalue weighted by atomic mass is 16.5. The zero-order valence-corrected chi connectivity index (χ0v) is 11.4. The lowest BCUT2D eigenvalue weighted by Gasteiger charge is -2.30. The summed E-state index contributed by atoms with van der Waals surface area (Å²) in [7, 11) is 0. The van der Waals surface area contributed by atoms with Gasteiger partial charge in [-0.05, 0) is 32.9 Å². The molecule has 0 unspecified atom stereocenters. The lowest BCUT2D eigenvalue weighted by atomic mass is 9.97. The average Bonchev–Trinajstić information content (AvgIpc) is 2.40. The monoisotopic (exact) mass is 267 g/mol. The molecule has 0 saturated carbocycles. The highest BCUT2D eigenvalue weighted by Gasteiger charge is 2.26. The molecule has 0 atom stereocenters. The van der Waals surface area contributed by atoms with Crippen molar-refractivity contribution in [3.8, 4) is 6.07 Å². The van der Waals surface area contributed by atoms with Crippen molar-refractivity contribution >= 4 is 11.9 Å². The number of nitrogens with zero attached hydrogens (tertiary/aromatic N) is 2. The zero-order chi connectivity index (χ0) is 14.1. The number of rotatable bonds is 6. The van der Waals surface area contributed by atoms with Crippen molar-refractivity contribution in [2.75, 3.05) is 32.8 Å². The van der Waals surface area contributed by atoms with Crippen LogP contribution in [0.5, 0.6) is 0 Å². The molecule has 106 valence electrons. The molecule has 1 saturated heterocycles. The van der Waals surface area contributed by atoms with E-state index in [0.29, 0.717) is 26.1 Å². The maximum absolute atomic E-state index is 11.6. The third kappa shape index (κ3) is 5.71. The molecule has 0 aromatic carbocycles. The summed E-state index contributed by atoms with van der Waals surface area (Å²) in [5, 5.41) is 11.1. The summed E-state index contributed by atoms with van der Waals surface area (Å²) in [5.74, 6) is -0.219. The summed E-state index contributed by atoms with van der Waals surface area (Å²) in [6.07, 6.45) is 1.81. The fourth-order valence-electron chi connectivity index (χ4n) is 2.10. The fraction of sp³-hybridized carbons (Fsp3) is 0.769. The number of hydrogen-bond donors (Lipinski definition) is 1. The first kappa shape index (κ1) is 15.4. The van der Waals surface area contributed by atoms with E-state index in [1.165, 1.54) is 0 Å². The van der Waals surface area contributed by atoms with Crippen LogP contribution in [0.25, 0.3) is 0 Å². The van der Waals surface area contributed by atoms with Crippen LogP contribution in [0.1, 0.15) is 26.2 Å². The van der Waals surface area contributed by atoms with Gasteiger partial charge in [-0.25, -0.2) is 0 Å². The van der Waals surface area contributed by atoms with Crippen LogP contribution in [0, 0.1) is 17.2 Å². The predicted octanol–water partition coefficient (Wildman–Crippen LogP) is 0.291. The number of carbonyl (C=O) groups excluding carboxylic acids is 2. The summed E-state index contributed by atoms with van der Waals surface area (Å²) in [4.78, 5) is 25.1. The average molecular weight is 267 g/mol. The molecule has 19 heavy (non-hydrogen) atoms. The van der Waals surface area contributed by atoms with Gasteiger partial charge in [0.25, 0.3) is 0 Å². The molecule has 1 aliphatic rings. The van der Waals surface area contributed by atoms with Crippen molar-refractivity contribution in [3.63, 3.8) is 0 Å². The van der Waals surface area contributed by atoms with Crippen LogP contribution in [0.3, 0.4) is 0 Å². The van der Waals surface area contributed by atoms with Crippen molar-refractivity contribution in [3.05, 3.63) is 0 Å². The van der Waals surface area contributed by atoms with Crippen LogP contribution in [0.15, 0.2) is 0 Å². The van der Waals surface area contributed by atoms with E-state index >= 15 is 0 Å². The lowest BCUT2D eigenvalue weighted by molar-refractivity contribution is -0.149. The van der Waals surface area contributed by atoms with Gasteiger partial charge in [0.15, 0.2) is 0 Å². The molecule has 1 N–H and O–H groups in total. The zero-order valence-electron chi connectivity index (χ0n) is 11.4. The van der Waals surface area contributed by atoms with E-state index in [4.69, 9.17) is 10.00 Å². The molecular formula is C13H21N3O3. The minimum Gasteiger partial charge on any atom is -0.466 e. The Bertz CT molecular complexity index is 344. The van der Waals surface area contributed by atoms with Gasteiger partial charge in [0, 0.05) is 6.54 Å². The first-order valence-electron chi connectivity index (χ1n) is 6.70. The second kappa shape index (κ2) is 8.48. The summed E-state index contributed by atoms with van der Waals surface area (Å²) < 4.78 is 5.00. The van der Waals surface area contributed by atoms with E-state index in [9.17, 15) is 9.59 Å². The van der Waals surface area contributed by atoms with Crippen molar-refractivity contribution in [1.82, 2.24) is 10.2 Å². The molecule has 0 bridgehead atoms. The Morgan fingerprint density at radius 2 is 2.11 bits per heavy atom. The predicted molar refractivity (Wildman–Crippen MR) is 69.0 cm³/mol. The minimum absolute atomic E-state index is 0.0298. The molecule has 1 amide bonds. The van der Waals surface area contributed by atoms with Crippen molar-refractivity contribution in [2.45, 2.75) is 26.2 Å². The largest absolute Gasteiger partial charge is 0.466 e. The first-order valence-corrected chi connectivity index (χ1v) is 6.70. The minimum atomic E-state index is -0.124. The van der Waals surface area contributed by atoms with E-state index < -0.39 is 0 Å². The smallest absolute Gasteiger partial charge is 0.309 e. The quantitative estimate of drug-likeness (QED) is 0.552. The van der Waals surface area contributed by atoms with Crippen molar-refractivity contribution in [2.24, 2.45) is 5.92 Å². The summed E-state index contributed by atoms with van der Waals surface area (Å²) in [6.45, 7) is 4.42. The number of piperidine rings is 1. The summed E-state index contributed by atoms with van der Waals surface area (Å²) in [6, 6.07) is 1.98. The third-order valence-electron chi connectivity index (χ3n) is 3.13. The SMILES string of the molecule is CCOC(=O)C1CCN(CC(=O)NCCC#N)CC1. The molecule has 0 aromatic rings. The molecule has 1 rings (SSSR count). The van der Waals surface area contributed by atoms with Gasteiger partial charge >= 0.3 is 5.97 Å². The molecule has 0 aromatic heterocycles. The van der Waals surface area contributed by atoms with Crippen LogP contribution >= 0.6 is 0 Å². The summed E-state index contributed by atoms with van der Waals surface area (Å²) in [5.41, 5.74) is 0. The van der Waals surface area contributed by atoms with E-state index in [1.807, 2.05) is 11.0 Å². The van der Waals surface area contributed by atoms with E-state index in [2.05, 4.69) is 5.32 Å². The van der Waals surface area contributed by atoms with Crippen molar-refractivity contribution < 1.29 is 14.3 Å². The number of nitrogens with one attached hydrogen (secondary N) is 1. The number of likely N-dealkylation sites (tertiary alicyclic amines) is 1. The highest BCUT2D eigenvalue weighted by molar-refractivity contribution is 5.78. The van der Waals surface area contributed by atoms with Gasteiger partial charge in [-0.3, -0.25) is 14.5 Å². The van der Waals surface area contributed by atoms with Gasteiger partial charge in [-0.1, -0.05) is 0 Å². The summed E-state index contributed by atoms with van der Waals surface area (Å²) >= 11 is 0. The second-order valence-electron chi connectivity index (χ2n) is 4.56. The van der Waals surface area contributed by atoms with Gasteiger partial charge in [-0.15, -0.1) is 0 Å². The van der Waals surface area contributed by atoms with Crippen LogP contribution in [0.4, 0.5) is 0 Å². The van der Waals surface area contributed by atoms with E-state index in [0.717, 1.165) is 25.9 Å². The molecule has 0 radical (unpaired) electrons. The topological polar surface area (TPSA) is 82.4 Å². The maximum Gasteiger partial charge on any atom is 0.309 e. The lowest BCUT2D eigenvalue weighted by Crippen LogP contribution is -2.43. The number of nitriles is 1. The molecular weight excluding hydrogens is 246 g/mol. The number of esters is 1. The third-order valence-corrected chi connectivity index (χ3v) is 3.13. The number of amides is 1. The Kier molecular flexibility index (Phi) is 6.90. The van der Waals surface area contributed by atoms with Crippen LogP contribution in [-0.4, -0.2) is 49.6 Å². The van der Waals surface area contributed by atoms with Crippen LogP contribution < -0.4 is 5.32 Å². The number of ether oxygens (including phenoxy) is 1. The molecule has 1 aliphatic heterocycles. The molecule has 1 heterocycles. The van der Waals surface area contributed by atoms with E-state index in [-0.39, 0.29) is 17.8 Å². The van der Waals surface area contributed by atoms with E-state index in [1.54, 1.807) is 6.92 Å². The molecule has 6 nitrogen and oxygen atoms in total. The number of carbonyl (C=O) groups is 2. The van der Waals surface area contributed by atoms with Gasteiger partial charge in [0.1, 0.15) is 0 Å². The maximum atomic E-state index is 11.6. The van der Waals surface area contributed by atoms with Crippen LogP contribution in [0.2, 0.25) is 0 Å². The Balaban J connectivity index is 2.21. The van der Waals surface area contributed by atoms with Crippen LogP contribution in [-0.2, 0) is 14.3 Å². The fourth-order valence-corrected chi connectivity index (χ4v) is 2.10. The second-order valence-corrected chi connectivity index (χ2v) is 4.56. The molecule has 1 fully saturated rings. The Hall–Kier alpha value is -1.61. The molecule has 0 spiro atoms. The Morgan fingerprint density at radius 3 is 2.68 bits per heavy atom. The molecule has 6 heteroatoms. The molecule has 0 aliphatic carbocycles. The first-order chi connectivity index (χ1) is 9.17.